The van der Waals surface area contributed by atoms with Crippen LogP contribution in [0.4, 0.5) is 0 Å². The zero-order valence-electron chi connectivity index (χ0n) is 20.0. The number of aromatic hydroxyl groups is 1. The van der Waals surface area contributed by atoms with Gasteiger partial charge in [0.1, 0.15) is 22.9 Å². The van der Waals surface area contributed by atoms with Crippen molar-refractivity contribution in [1.29, 1.82) is 0 Å². The Morgan fingerprint density at radius 1 is 1.03 bits per heavy atom. The molecule has 0 amide bonds. The number of benzene rings is 3. The van der Waals surface area contributed by atoms with Gasteiger partial charge in [0.2, 0.25) is 0 Å². The maximum atomic E-state index is 13.4. The van der Waals surface area contributed by atoms with Gasteiger partial charge in [-0.15, -0.1) is 0 Å². The van der Waals surface area contributed by atoms with Crippen molar-refractivity contribution < 1.29 is 24.1 Å². The Balaban J connectivity index is 1.68. The van der Waals surface area contributed by atoms with Crippen molar-refractivity contribution in [2.24, 2.45) is 5.92 Å². The monoisotopic (exact) mass is 471 g/mol. The predicted octanol–water partition coefficient (Wildman–Crippen LogP) is 6.04. The van der Waals surface area contributed by atoms with Gasteiger partial charge in [-0.05, 0) is 79.3 Å². The fourth-order valence-corrected chi connectivity index (χ4v) is 4.40. The van der Waals surface area contributed by atoms with Gasteiger partial charge in [-0.1, -0.05) is 24.3 Å². The summed E-state index contributed by atoms with van der Waals surface area (Å²) < 4.78 is 18.9. The van der Waals surface area contributed by atoms with Crippen molar-refractivity contribution in [1.82, 2.24) is 4.57 Å². The van der Waals surface area contributed by atoms with Gasteiger partial charge in [-0.3, -0.25) is 0 Å². The number of aromatic nitrogens is 1. The van der Waals surface area contributed by atoms with E-state index in [2.05, 4.69) is 0 Å². The molecule has 1 heterocycles. The van der Waals surface area contributed by atoms with Crippen LogP contribution in [0.1, 0.15) is 35.8 Å². The number of nitrogens with zero attached hydrogens (tertiary/aromatic N) is 1. The molecule has 1 N–H and O–H groups in total. The lowest BCUT2D eigenvalue weighted by Gasteiger charge is -2.13. The topological polar surface area (TPSA) is 69.9 Å². The number of phenols is 1. The molecule has 1 fully saturated rings. The van der Waals surface area contributed by atoms with Crippen LogP contribution >= 0.6 is 0 Å². The SMILES string of the molecule is CCOC(=O)c1c(-c2cccc(OCC3CC3)c2)c2cc(O)ccc2n1Cc1cccc(OC)c1. The van der Waals surface area contributed by atoms with E-state index in [0.717, 1.165) is 33.5 Å². The van der Waals surface area contributed by atoms with Crippen LogP contribution in [0.5, 0.6) is 17.2 Å². The highest BCUT2D eigenvalue weighted by atomic mass is 16.5. The smallest absolute Gasteiger partial charge is 0.355 e. The fraction of sp³-hybridized carbons (Fsp3) is 0.276. The third-order valence-corrected chi connectivity index (χ3v) is 6.30. The molecule has 1 aliphatic carbocycles. The van der Waals surface area contributed by atoms with Crippen molar-refractivity contribution in [3.8, 4) is 28.4 Å². The molecule has 0 radical (unpaired) electrons. The van der Waals surface area contributed by atoms with Gasteiger partial charge in [0.05, 0.1) is 20.3 Å². The molecule has 0 saturated heterocycles. The maximum Gasteiger partial charge on any atom is 0.355 e. The van der Waals surface area contributed by atoms with Crippen LogP contribution in [-0.4, -0.2) is 36.0 Å². The largest absolute Gasteiger partial charge is 0.508 e. The first kappa shape index (κ1) is 22.8. The number of hydrogen-bond acceptors (Lipinski definition) is 5. The Morgan fingerprint density at radius 3 is 2.60 bits per heavy atom. The number of fused-ring (bicyclic) bond motifs is 1. The highest BCUT2D eigenvalue weighted by Crippen LogP contribution is 2.39. The molecule has 4 aromatic rings. The first-order valence-corrected chi connectivity index (χ1v) is 12.0. The van der Waals surface area contributed by atoms with E-state index < -0.39 is 5.97 Å². The van der Waals surface area contributed by atoms with Crippen LogP contribution < -0.4 is 9.47 Å². The van der Waals surface area contributed by atoms with Crippen LogP contribution in [0.15, 0.2) is 66.7 Å². The molecule has 0 bridgehead atoms. The number of esters is 1. The molecule has 1 saturated carbocycles. The Morgan fingerprint density at radius 2 is 1.83 bits per heavy atom. The van der Waals surface area contributed by atoms with Gasteiger partial charge in [-0.2, -0.15) is 0 Å². The van der Waals surface area contributed by atoms with E-state index in [1.165, 1.54) is 12.8 Å². The summed E-state index contributed by atoms with van der Waals surface area (Å²) in [6, 6.07) is 20.7. The molecule has 5 rings (SSSR count). The Hall–Kier alpha value is -3.93. The Bertz CT molecular complexity index is 1370. The second-order valence-electron chi connectivity index (χ2n) is 8.87. The summed E-state index contributed by atoms with van der Waals surface area (Å²) in [5, 5.41) is 11.1. The summed E-state index contributed by atoms with van der Waals surface area (Å²) in [7, 11) is 1.63. The minimum atomic E-state index is -0.412. The molecule has 0 atom stereocenters. The fourth-order valence-electron chi connectivity index (χ4n) is 4.40. The molecule has 6 nitrogen and oxygen atoms in total. The molecular weight excluding hydrogens is 442 g/mol. The highest BCUT2D eigenvalue weighted by molar-refractivity contribution is 6.09. The van der Waals surface area contributed by atoms with Gasteiger partial charge in [0, 0.05) is 23.0 Å². The minimum Gasteiger partial charge on any atom is -0.508 e. The second-order valence-corrected chi connectivity index (χ2v) is 8.87. The van der Waals surface area contributed by atoms with E-state index in [4.69, 9.17) is 14.2 Å². The number of carbonyl (C=O) groups excluding carboxylic acids is 1. The molecule has 3 aromatic carbocycles. The number of rotatable bonds is 9. The van der Waals surface area contributed by atoms with Crippen LogP contribution in [0, 0.1) is 5.92 Å². The summed E-state index contributed by atoms with van der Waals surface area (Å²) in [4.78, 5) is 13.4. The van der Waals surface area contributed by atoms with Crippen molar-refractivity contribution in [2.75, 3.05) is 20.3 Å². The van der Waals surface area contributed by atoms with Crippen LogP contribution in [0.3, 0.4) is 0 Å². The van der Waals surface area contributed by atoms with Gasteiger partial charge in [-0.25, -0.2) is 4.79 Å². The van der Waals surface area contributed by atoms with Gasteiger partial charge in [0.15, 0.2) is 0 Å². The average molecular weight is 472 g/mol. The normalized spacial score (nSPS) is 13.1. The zero-order valence-corrected chi connectivity index (χ0v) is 20.0. The second kappa shape index (κ2) is 9.74. The number of hydrogen-bond donors (Lipinski definition) is 1. The summed E-state index contributed by atoms with van der Waals surface area (Å²) >= 11 is 0. The quantitative estimate of drug-likeness (QED) is 0.302. The first-order valence-electron chi connectivity index (χ1n) is 12.0. The average Bonchev–Trinajstić information content (AvgIpc) is 3.65. The third-order valence-electron chi connectivity index (χ3n) is 6.30. The first-order chi connectivity index (χ1) is 17.1. The molecule has 180 valence electrons. The summed E-state index contributed by atoms with van der Waals surface area (Å²) in [5.74, 6) is 1.86. The number of ether oxygens (including phenoxy) is 3. The molecule has 0 unspecified atom stereocenters. The van der Waals surface area contributed by atoms with Gasteiger partial charge in [0.25, 0.3) is 0 Å². The lowest BCUT2D eigenvalue weighted by atomic mass is 10.0. The van der Waals surface area contributed by atoms with E-state index in [1.54, 1.807) is 26.2 Å². The Labute approximate surface area is 204 Å². The van der Waals surface area contributed by atoms with E-state index >= 15 is 0 Å². The summed E-state index contributed by atoms with van der Waals surface area (Å²) in [6.45, 7) is 3.19. The van der Waals surface area contributed by atoms with Crippen molar-refractivity contribution in [3.05, 3.63) is 78.0 Å². The van der Waals surface area contributed by atoms with E-state index in [-0.39, 0.29) is 12.4 Å². The number of methoxy groups -OCH3 is 1. The lowest BCUT2D eigenvalue weighted by Crippen LogP contribution is -2.14. The van der Waals surface area contributed by atoms with Crippen molar-refractivity contribution in [3.63, 3.8) is 0 Å². The van der Waals surface area contributed by atoms with Crippen LogP contribution in [0.2, 0.25) is 0 Å². The van der Waals surface area contributed by atoms with Crippen molar-refractivity contribution in [2.45, 2.75) is 26.3 Å². The van der Waals surface area contributed by atoms with Crippen LogP contribution in [0.25, 0.3) is 22.0 Å². The van der Waals surface area contributed by atoms with Gasteiger partial charge >= 0.3 is 5.97 Å². The molecule has 1 aromatic heterocycles. The van der Waals surface area contributed by atoms with E-state index in [9.17, 15) is 9.90 Å². The number of phenolic OH excluding ortho intramolecular Hbond substituents is 1. The predicted molar refractivity (Wildman–Crippen MR) is 135 cm³/mol. The zero-order chi connectivity index (χ0) is 24.4. The highest BCUT2D eigenvalue weighted by Gasteiger charge is 2.26. The minimum absolute atomic E-state index is 0.133. The Kier molecular flexibility index (Phi) is 6.36. The molecule has 0 spiro atoms. The van der Waals surface area contributed by atoms with Gasteiger partial charge < -0.3 is 23.9 Å². The standard InChI is InChI=1S/C29H29NO5/c1-3-34-29(32)28-27(21-7-5-9-24(15-21)35-18-19-10-11-19)25-16-22(31)12-13-26(25)30(28)17-20-6-4-8-23(14-20)33-2/h4-9,12-16,19,31H,3,10-11,17-18H2,1-2H3. The lowest BCUT2D eigenvalue weighted by molar-refractivity contribution is 0.0516. The molecular formula is C29H29NO5. The molecule has 6 heteroatoms. The van der Waals surface area contributed by atoms with Crippen molar-refractivity contribution >= 4 is 16.9 Å². The van der Waals surface area contributed by atoms with E-state index in [0.29, 0.717) is 30.3 Å². The molecule has 1 aliphatic rings. The van der Waals surface area contributed by atoms with E-state index in [1.807, 2.05) is 59.2 Å². The maximum absolute atomic E-state index is 13.4. The van der Waals surface area contributed by atoms with Crippen LogP contribution in [-0.2, 0) is 11.3 Å². The third kappa shape index (κ3) is 4.83. The molecule has 35 heavy (non-hydrogen) atoms. The summed E-state index contributed by atoms with van der Waals surface area (Å²) in [5.41, 5.74) is 3.80. The number of carbonyl (C=O) groups is 1. The summed E-state index contributed by atoms with van der Waals surface area (Å²) in [6.07, 6.45) is 2.42. The molecule has 0 aliphatic heterocycles.